The molecule has 21 heavy (non-hydrogen) atoms. The van der Waals surface area contributed by atoms with E-state index >= 15 is 0 Å². The molecule has 114 valence electrons. The summed E-state index contributed by atoms with van der Waals surface area (Å²) in [7, 11) is 1.88. The molecule has 0 aromatic carbocycles. The van der Waals surface area contributed by atoms with Gasteiger partial charge in [0.1, 0.15) is 0 Å². The standard InChI is InChI=1S/C14H19N5O.ClH/c1-3-13-11(9-19(2)18-13)8-17-14(20)10-4-5-16-12(6-10)7-15;/h4-6,9H,3,7-8,15H2,1-2H3,(H,17,20);1H. The summed E-state index contributed by atoms with van der Waals surface area (Å²) in [4.78, 5) is 16.2. The third-order valence-electron chi connectivity index (χ3n) is 3.05. The third-order valence-corrected chi connectivity index (χ3v) is 3.05. The van der Waals surface area contributed by atoms with E-state index in [1.54, 1.807) is 23.0 Å². The van der Waals surface area contributed by atoms with Gasteiger partial charge in [-0.3, -0.25) is 14.5 Å². The summed E-state index contributed by atoms with van der Waals surface area (Å²) >= 11 is 0. The van der Waals surface area contributed by atoms with Crippen molar-refractivity contribution < 1.29 is 4.79 Å². The lowest BCUT2D eigenvalue weighted by atomic mass is 10.2. The van der Waals surface area contributed by atoms with Crippen LogP contribution in [0.3, 0.4) is 0 Å². The Bertz CT molecular complexity index is 611. The van der Waals surface area contributed by atoms with Crippen molar-refractivity contribution in [3.63, 3.8) is 0 Å². The van der Waals surface area contributed by atoms with Crippen LogP contribution in [0.5, 0.6) is 0 Å². The van der Waals surface area contributed by atoms with Gasteiger partial charge in [0, 0.05) is 43.7 Å². The minimum Gasteiger partial charge on any atom is -0.348 e. The number of amides is 1. The molecule has 0 saturated carbocycles. The minimum atomic E-state index is -0.131. The van der Waals surface area contributed by atoms with E-state index < -0.39 is 0 Å². The van der Waals surface area contributed by atoms with Crippen LogP contribution in [0.2, 0.25) is 0 Å². The Labute approximate surface area is 130 Å². The van der Waals surface area contributed by atoms with E-state index in [0.29, 0.717) is 24.3 Å². The third kappa shape index (κ3) is 4.27. The van der Waals surface area contributed by atoms with Crippen molar-refractivity contribution >= 4 is 18.3 Å². The van der Waals surface area contributed by atoms with Crippen LogP contribution in [-0.2, 0) is 26.6 Å². The Morgan fingerprint density at radius 1 is 1.48 bits per heavy atom. The highest BCUT2D eigenvalue weighted by atomic mass is 35.5. The van der Waals surface area contributed by atoms with Crippen LogP contribution >= 0.6 is 12.4 Å². The summed E-state index contributed by atoms with van der Waals surface area (Å²) in [6.07, 6.45) is 4.37. The summed E-state index contributed by atoms with van der Waals surface area (Å²) in [5.41, 5.74) is 8.84. The molecule has 6 nitrogen and oxygen atoms in total. The number of hydrogen-bond donors (Lipinski definition) is 2. The molecular weight excluding hydrogens is 290 g/mol. The van der Waals surface area contributed by atoms with E-state index in [9.17, 15) is 4.79 Å². The van der Waals surface area contributed by atoms with Crippen LogP contribution in [-0.4, -0.2) is 20.7 Å². The van der Waals surface area contributed by atoms with Crippen LogP contribution in [0.4, 0.5) is 0 Å². The van der Waals surface area contributed by atoms with Crippen molar-refractivity contribution in [2.45, 2.75) is 26.4 Å². The summed E-state index contributed by atoms with van der Waals surface area (Å²) < 4.78 is 1.76. The fraction of sp³-hybridized carbons (Fsp3) is 0.357. The van der Waals surface area contributed by atoms with E-state index in [2.05, 4.69) is 15.4 Å². The molecule has 0 atom stereocenters. The highest BCUT2D eigenvalue weighted by Crippen LogP contribution is 2.07. The molecule has 2 rings (SSSR count). The van der Waals surface area contributed by atoms with Crippen LogP contribution in [0.25, 0.3) is 0 Å². The molecule has 0 bridgehead atoms. The minimum absolute atomic E-state index is 0. The van der Waals surface area contributed by atoms with Gasteiger partial charge in [-0.05, 0) is 18.6 Å². The first-order valence-electron chi connectivity index (χ1n) is 6.58. The number of rotatable bonds is 5. The van der Waals surface area contributed by atoms with Crippen LogP contribution in [0, 0.1) is 0 Å². The van der Waals surface area contributed by atoms with Crippen LogP contribution in [0.1, 0.15) is 34.2 Å². The number of aromatic nitrogens is 3. The maximum absolute atomic E-state index is 12.1. The number of nitrogens with two attached hydrogens (primary N) is 1. The SMILES string of the molecule is CCc1nn(C)cc1CNC(=O)c1ccnc(CN)c1.Cl. The molecular formula is C14H20ClN5O. The highest BCUT2D eigenvalue weighted by Gasteiger charge is 2.09. The molecule has 0 saturated heterocycles. The molecule has 2 aromatic heterocycles. The topological polar surface area (TPSA) is 85.8 Å². The highest BCUT2D eigenvalue weighted by molar-refractivity contribution is 5.94. The predicted molar refractivity (Wildman–Crippen MR) is 83.1 cm³/mol. The Kier molecular flexibility index (Phi) is 6.33. The summed E-state index contributed by atoms with van der Waals surface area (Å²) in [6.45, 7) is 2.84. The smallest absolute Gasteiger partial charge is 0.251 e. The van der Waals surface area contributed by atoms with E-state index in [-0.39, 0.29) is 18.3 Å². The first-order chi connectivity index (χ1) is 9.63. The van der Waals surface area contributed by atoms with Gasteiger partial charge in [-0.15, -0.1) is 12.4 Å². The Hall–Kier alpha value is -1.92. The molecule has 0 aliphatic heterocycles. The Morgan fingerprint density at radius 2 is 2.24 bits per heavy atom. The summed E-state index contributed by atoms with van der Waals surface area (Å²) in [5, 5.41) is 7.24. The maximum Gasteiger partial charge on any atom is 0.251 e. The number of aryl methyl sites for hydroxylation is 2. The van der Waals surface area contributed by atoms with Gasteiger partial charge >= 0.3 is 0 Å². The number of halogens is 1. The van der Waals surface area contributed by atoms with Gasteiger partial charge in [0.15, 0.2) is 0 Å². The normalized spacial score (nSPS) is 10.0. The summed E-state index contributed by atoms with van der Waals surface area (Å²) in [5.74, 6) is -0.131. The van der Waals surface area contributed by atoms with Crippen molar-refractivity contribution in [2.24, 2.45) is 12.8 Å². The molecule has 0 spiro atoms. The molecule has 2 aromatic rings. The van der Waals surface area contributed by atoms with Crippen molar-refractivity contribution in [1.82, 2.24) is 20.1 Å². The van der Waals surface area contributed by atoms with Crippen molar-refractivity contribution in [3.8, 4) is 0 Å². The molecule has 0 aliphatic carbocycles. The lowest BCUT2D eigenvalue weighted by Gasteiger charge is -2.06. The second kappa shape index (κ2) is 7.75. The van der Waals surface area contributed by atoms with E-state index in [0.717, 1.165) is 17.7 Å². The summed E-state index contributed by atoms with van der Waals surface area (Å²) in [6, 6.07) is 3.39. The molecule has 1 amide bonds. The quantitative estimate of drug-likeness (QED) is 0.868. The fourth-order valence-corrected chi connectivity index (χ4v) is 2.04. The fourth-order valence-electron chi connectivity index (χ4n) is 2.04. The van der Waals surface area contributed by atoms with E-state index in [1.807, 2.05) is 20.2 Å². The Morgan fingerprint density at radius 3 is 2.90 bits per heavy atom. The molecule has 7 heteroatoms. The second-order valence-electron chi connectivity index (χ2n) is 4.55. The maximum atomic E-state index is 12.1. The lowest BCUT2D eigenvalue weighted by Crippen LogP contribution is -2.23. The first-order valence-corrected chi connectivity index (χ1v) is 6.58. The molecule has 3 N–H and O–H groups in total. The van der Waals surface area contributed by atoms with E-state index in [4.69, 9.17) is 5.73 Å². The first kappa shape index (κ1) is 17.1. The molecule has 0 aliphatic rings. The molecule has 0 unspecified atom stereocenters. The van der Waals surface area contributed by atoms with Gasteiger partial charge in [-0.25, -0.2) is 0 Å². The zero-order valence-corrected chi connectivity index (χ0v) is 13.0. The monoisotopic (exact) mass is 309 g/mol. The van der Waals surface area contributed by atoms with Crippen molar-refractivity contribution in [3.05, 3.63) is 47.0 Å². The number of hydrogen-bond acceptors (Lipinski definition) is 4. The van der Waals surface area contributed by atoms with Gasteiger partial charge in [0.25, 0.3) is 5.91 Å². The van der Waals surface area contributed by atoms with Crippen LogP contribution in [0.15, 0.2) is 24.5 Å². The van der Waals surface area contributed by atoms with E-state index in [1.165, 1.54) is 0 Å². The average molecular weight is 310 g/mol. The number of pyridine rings is 1. The molecule has 2 heterocycles. The number of carbonyl (C=O) groups is 1. The lowest BCUT2D eigenvalue weighted by molar-refractivity contribution is 0.0950. The number of carbonyl (C=O) groups excluding carboxylic acids is 1. The van der Waals surface area contributed by atoms with Gasteiger partial charge in [0.2, 0.25) is 0 Å². The van der Waals surface area contributed by atoms with Crippen LogP contribution < -0.4 is 11.1 Å². The largest absolute Gasteiger partial charge is 0.348 e. The number of nitrogens with one attached hydrogen (secondary N) is 1. The number of nitrogens with zero attached hydrogens (tertiary/aromatic N) is 3. The zero-order chi connectivity index (χ0) is 14.5. The predicted octanol–water partition coefficient (Wildman–Crippen LogP) is 1.19. The van der Waals surface area contributed by atoms with Crippen molar-refractivity contribution in [2.75, 3.05) is 0 Å². The van der Waals surface area contributed by atoms with Gasteiger partial charge in [-0.2, -0.15) is 5.10 Å². The average Bonchev–Trinajstić information content (AvgIpc) is 2.85. The van der Waals surface area contributed by atoms with Gasteiger partial charge in [-0.1, -0.05) is 6.92 Å². The van der Waals surface area contributed by atoms with Crippen molar-refractivity contribution in [1.29, 1.82) is 0 Å². The van der Waals surface area contributed by atoms with Gasteiger partial charge in [0.05, 0.1) is 11.4 Å². The molecule has 0 fully saturated rings. The Balaban J connectivity index is 0.00000220. The second-order valence-corrected chi connectivity index (χ2v) is 4.55. The zero-order valence-electron chi connectivity index (χ0n) is 12.2. The van der Waals surface area contributed by atoms with Gasteiger partial charge < -0.3 is 11.1 Å². The molecule has 0 radical (unpaired) electrons.